The summed E-state index contributed by atoms with van der Waals surface area (Å²) in [6, 6.07) is 3.41. The summed E-state index contributed by atoms with van der Waals surface area (Å²) in [5.41, 5.74) is 1.12. The molecule has 0 fully saturated rings. The average molecular weight is 277 g/mol. The van der Waals surface area contributed by atoms with Crippen LogP contribution in [0.2, 0.25) is 0 Å². The monoisotopic (exact) mass is 277 g/mol. The van der Waals surface area contributed by atoms with Crippen molar-refractivity contribution in [3.05, 3.63) is 29.7 Å². The topological polar surface area (TPSA) is 72.7 Å². The maximum atomic E-state index is 12.1. The van der Waals surface area contributed by atoms with Gasteiger partial charge in [-0.3, -0.25) is 9.48 Å². The molecular weight excluding hydrogens is 262 g/mol. The van der Waals surface area contributed by atoms with Crippen LogP contribution in [0.4, 0.5) is 5.82 Å². The molecule has 6 nitrogen and oxygen atoms in total. The number of carbonyl (C=O) groups is 1. The van der Waals surface area contributed by atoms with Gasteiger partial charge in [0.05, 0.1) is 0 Å². The lowest BCUT2D eigenvalue weighted by Crippen LogP contribution is -2.15. The Balaban J connectivity index is 2.17. The molecule has 0 saturated carbocycles. The van der Waals surface area contributed by atoms with E-state index in [1.165, 1.54) is 11.8 Å². The summed E-state index contributed by atoms with van der Waals surface area (Å²) in [6.07, 6.45) is 3.69. The van der Waals surface area contributed by atoms with Gasteiger partial charge >= 0.3 is 0 Å². The van der Waals surface area contributed by atoms with Gasteiger partial charge in [0.25, 0.3) is 5.91 Å². The Hall–Kier alpha value is -1.89. The van der Waals surface area contributed by atoms with Crippen LogP contribution in [0, 0.1) is 6.92 Å². The molecular formula is C12H15N5OS. The molecule has 0 aliphatic heterocycles. The highest BCUT2D eigenvalue weighted by molar-refractivity contribution is 7.98. The van der Waals surface area contributed by atoms with E-state index in [9.17, 15) is 4.79 Å². The first-order valence-electron chi connectivity index (χ1n) is 5.87. The molecule has 2 aromatic rings. The summed E-state index contributed by atoms with van der Waals surface area (Å²) >= 11 is 1.41. The molecule has 100 valence electrons. The van der Waals surface area contributed by atoms with Crippen molar-refractivity contribution in [2.45, 2.75) is 25.5 Å². The molecule has 0 atom stereocenters. The quantitative estimate of drug-likeness (QED) is 0.683. The smallest absolute Gasteiger partial charge is 0.275 e. The molecule has 1 amide bonds. The third-order valence-electron chi connectivity index (χ3n) is 2.46. The molecule has 2 rings (SSSR count). The van der Waals surface area contributed by atoms with Crippen molar-refractivity contribution >= 4 is 23.5 Å². The largest absolute Gasteiger partial charge is 0.304 e. The predicted octanol–water partition coefficient (Wildman–Crippen LogP) is 1.98. The molecule has 0 spiro atoms. The van der Waals surface area contributed by atoms with E-state index in [1.807, 2.05) is 26.3 Å². The fourth-order valence-corrected chi connectivity index (χ4v) is 1.96. The van der Waals surface area contributed by atoms with Crippen LogP contribution >= 0.6 is 11.8 Å². The van der Waals surface area contributed by atoms with E-state index in [0.717, 1.165) is 12.2 Å². The maximum Gasteiger partial charge on any atom is 0.275 e. The number of thioether (sulfide) groups is 1. The molecule has 0 bridgehead atoms. The first-order chi connectivity index (χ1) is 9.12. The zero-order valence-electron chi connectivity index (χ0n) is 11.0. The van der Waals surface area contributed by atoms with E-state index in [0.29, 0.717) is 16.7 Å². The Labute approximate surface area is 115 Å². The maximum absolute atomic E-state index is 12.1. The van der Waals surface area contributed by atoms with Gasteiger partial charge < -0.3 is 5.32 Å². The first kappa shape index (κ1) is 13.5. The minimum Gasteiger partial charge on any atom is -0.304 e. The number of hydrogen-bond acceptors (Lipinski definition) is 5. The average Bonchev–Trinajstić information content (AvgIpc) is 2.85. The Bertz CT molecular complexity index is 596. The highest BCUT2D eigenvalue weighted by atomic mass is 32.2. The van der Waals surface area contributed by atoms with Crippen molar-refractivity contribution in [2.75, 3.05) is 11.6 Å². The number of hydrogen-bond donors (Lipinski definition) is 1. The molecule has 7 heteroatoms. The van der Waals surface area contributed by atoms with Crippen LogP contribution in [-0.4, -0.2) is 31.9 Å². The van der Waals surface area contributed by atoms with Gasteiger partial charge in [-0.05, 0) is 26.2 Å². The van der Waals surface area contributed by atoms with Crippen LogP contribution in [-0.2, 0) is 6.54 Å². The molecule has 0 unspecified atom stereocenters. The van der Waals surface area contributed by atoms with Crippen LogP contribution in [0.15, 0.2) is 23.5 Å². The van der Waals surface area contributed by atoms with E-state index >= 15 is 0 Å². The van der Waals surface area contributed by atoms with Gasteiger partial charge in [-0.1, -0.05) is 11.8 Å². The standard InChI is InChI=1S/C12H15N5OS/c1-4-17-6-5-10(16-17)15-11(18)9-7-8(2)13-12(14-9)19-3/h5-7H,4H2,1-3H3,(H,15,16,18). The normalized spacial score (nSPS) is 10.5. The van der Waals surface area contributed by atoms with Gasteiger partial charge in [-0.15, -0.1) is 0 Å². The first-order valence-corrected chi connectivity index (χ1v) is 7.09. The minimum absolute atomic E-state index is 0.276. The van der Waals surface area contributed by atoms with Gasteiger partial charge in [0.1, 0.15) is 5.69 Å². The second kappa shape index (κ2) is 5.83. The number of nitrogens with zero attached hydrogens (tertiary/aromatic N) is 4. The second-order valence-corrected chi connectivity index (χ2v) is 4.67. The Kier molecular flexibility index (Phi) is 4.16. The van der Waals surface area contributed by atoms with Gasteiger partial charge in [0.2, 0.25) is 0 Å². The van der Waals surface area contributed by atoms with Gasteiger partial charge in [-0.25, -0.2) is 9.97 Å². The van der Waals surface area contributed by atoms with Gasteiger partial charge in [0, 0.05) is 24.5 Å². The van der Waals surface area contributed by atoms with Crippen molar-refractivity contribution in [1.29, 1.82) is 0 Å². The van der Waals surface area contributed by atoms with Crippen molar-refractivity contribution < 1.29 is 4.79 Å². The van der Waals surface area contributed by atoms with Crippen LogP contribution < -0.4 is 5.32 Å². The number of carbonyl (C=O) groups excluding carboxylic acids is 1. The fraction of sp³-hybridized carbons (Fsp3) is 0.333. The summed E-state index contributed by atoms with van der Waals surface area (Å²) in [5.74, 6) is 0.246. The summed E-state index contributed by atoms with van der Waals surface area (Å²) in [7, 11) is 0. The Morgan fingerprint density at radius 3 is 2.89 bits per heavy atom. The molecule has 0 radical (unpaired) electrons. The van der Waals surface area contributed by atoms with Crippen LogP contribution in [0.5, 0.6) is 0 Å². The van der Waals surface area contributed by atoms with Gasteiger partial charge in [0.15, 0.2) is 11.0 Å². The van der Waals surface area contributed by atoms with Crippen molar-refractivity contribution in [2.24, 2.45) is 0 Å². The highest BCUT2D eigenvalue weighted by Gasteiger charge is 2.11. The van der Waals surface area contributed by atoms with Crippen LogP contribution in [0.25, 0.3) is 0 Å². The molecule has 0 saturated heterocycles. The molecule has 19 heavy (non-hydrogen) atoms. The highest BCUT2D eigenvalue weighted by Crippen LogP contribution is 2.12. The zero-order chi connectivity index (χ0) is 13.8. The molecule has 1 N–H and O–H groups in total. The number of amides is 1. The van der Waals surface area contributed by atoms with Crippen LogP contribution in [0.3, 0.4) is 0 Å². The van der Waals surface area contributed by atoms with E-state index in [1.54, 1.807) is 16.8 Å². The molecule has 0 aliphatic rings. The number of aromatic nitrogens is 4. The molecule has 2 heterocycles. The van der Waals surface area contributed by atoms with E-state index < -0.39 is 0 Å². The summed E-state index contributed by atoms with van der Waals surface area (Å²) in [6.45, 7) is 4.58. The number of nitrogens with one attached hydrogen (secondary N) is 1. The van der Waals surface area contributed by atoms with Gasteiger partial charge in [-0.2, -0.15) is 5.10 Å². The number of aryl methyl sites for hydroxylation is 2. The Morgan fingerprint density at radius 2 is 2.26 bits per heavy atom. The summed E-state index contributed by atoms with van der Waals surface area (Å²) < 4.78 is 1.74. The fourth-order valence-electron chi connectivity index (χ4n) is 1.53. The lowest BCUT2D eigenvalue weighted by atomic mass is 10.3. The third kappa shape index (κ3) is 3.31. The van der Waals surface area contributed by atoms with E-state index in [4.69, 9.17) is 0 Å². The van der Waals surface area contributed by atoms with Crippen LogP contribution in [0.1, 0.15) is 23.1 Å². The molecule has 0 aliphatic carbocycles. The lowest BCUT2D eigenvalue weighted by molar-refractivity contribution is 0.102. The Morgan fingerprint density at radius 1 is 1.47 bits per heavy atom. The zero-order valence-corrected chi connectivity index (χ0v) is 11.9. The number of anilines is 1. The van der Waals surface area contributed by atoms with E-state index in [-0.39, 0.29) is 5.91 Å². The van der Waals surface area contributed by atoms with Crippen molar-refractivity contribution in [3.8, 4) is 0 Å². The van der Waals surface area contributed by atoms with Crippen molar-refractivity contribution in [3.63, 3.8) is 0 Å². The summed E-state index contributed by atoms with van der Waals surface area (Å²) in [5, 5.41) is 7.50. The number of rotatable bonds is 4. The SMILES string of the molecule is CCn1ccc(NC(=O)c2cc(C)nc(SC)n2)n1. The van der Waals surface area contributed by atoms with E-state index in [2.05, 4.69) is 20.4 Å². The minimum atomic E-state index is -0.276. The second-order valence-electron chi connectivity index (χ2n) is 3.89. The van der Waals surface area contributed by atoms with Crippen molar-refractivity contribution in [1.82, 2.24) is 19.7 Å². The predicted molar refractivity (Wildman–Crippen MR) is 74.4 cm³/mol. The lowest BCUT2D eigenvalue weighted by Gasteiger charge is -2.04. The third-order valence-corrected chi connectivity index (χ3v) is 3.00. The molecule has 0 aromatic carbocycles. The molecule has 2 aromatic heterocycles. The summed E-state index contributed by atoms with van der Waals surface area (Å²) in [4.78, 5) is 20.5.